The van der Waals surface area contributed by atoms with Gasteiger partial charge in [-0.2, -0.15) is 0 Å². The molecule has 1 aromatic rings. The fourth-order valence-electron chi connectivity index (χ4n) is 4.11. The summed E-state index contributed by atoms with van der Waals surface area (Å²) < 4.78 is 0. The molecule has 0 bridgehead atoms. The minimum absolute atomic E-state index is 0.0139. The van der Waals surface area contributed by atoms with Gasteiger partial charge in [0, 0.05) is 23.7 Å². The van der Waals surface area contributed by atoms with E-state index in [-0.39, 0.29) is 29.6 Å². The zero-order valence-corrected chi connectivity index (χ0v) is 15.2. The van der Waals surface area contributed by atoms with Crippen LogP contribution in [-0.4, -0.2) is 35.7 Å². The number of fused-ring (bicyclic) bond motifs is 1. The SMILES string of the molecule is O=C(c1ccc(N2C(=O)[C@@H]3CC=C(Cl)C[C@H]3C2=O)cc1)N1CCCCC1. The van der Waals surface area contributed by atoms with Crippen molar-refractivity contribution < 1.29 is 14.4 Å². The van der Waals surface area contributed by atoms with E-state index in [9.17, 15) is 14.4 Å². The number of anilines is 1. The number of piperidine rings is 1. The average Bonchev–Trinajstić information content (AvgIpc) is 2.92. The Bertz CT molecular complexity index is 781. The fourth-order valence-corrected chi connectivity index (χ4v) is 4.37. The van der Waals surface area contributed by atoms with Crippen LogP contribution < -0.4 is 4.90 Å². The predicted molar refractivity (Wildman–Crippen MR) is 98.8 cm³/mol. The summed E-state index contributed by atoms with van der Waals surface area (Å²) >= 11 is 6.06. The van der Waals surface area contributed by atoms with Gasteiger partial charge in [-0.05, 0) is 56.4 Å². The number of benzene rings is 1. The molecule has 5 nitrogen and oxygen atoms in total. The van der Waals surface area contributed by atoms with Crippen molar-refractivity contribution in [3.05, 3.63) is 40.9 Å². The lowest BCUT2D eigenvalue weighted by Gasteiger charge is -2.26. The smallest absolute Gasteiger partial charge is 0.253 e. The Balaban J connectivity index is 1.53. The number of allylic oxidation sites excluding steroid dienone is 2. The van der Waals surface area contributed by atoms with E-state index in [0.29, 0.717) is 29.1 Å². The summed E-state index contributed by atoms with van der Waals surface area (Å²) in [6.45, 7) is 1.58. The number of likely N-dealkylation sites (tertiary alicyclic amines) is 1. The van der Waals surface area contributed by atoms with E-state index in [1.165, 1.54) is 11.3 Å². The standard InChI is InChI=1S/C20H21ClN2O3/c21-14-6-9-16-17(12-14)20(26)23(19(16)25)15-7-4-13(5-8-15)18(24)22-10-2-1-3-11-22/h4-8,16-17H,1-3,9-12H2/t16-,17-/m1/s1. The molecule has 2 fully saturated rings. The first kappa shape index (κ1) is 17.3. The molecular weight excluding hydrogens is 352 g/mol. The van der Waals surface area contributed by atoms with Gasteiger partial charge in [-0.3, -0.25) is 19.3 Å². The first-order valence-corrected chi connectivity index (χ1v) is 9.56. The summed E-state index contributed by atoms with van der Waals surface area (Å²) in [5.41, 5.74) is 1.12. The van der Waals surface area contributed by atoms with Gasteiger partial charge in [0.15, 0.2) is 0 Å². The summed E-state index contributed by atoms with van der Waals surface area (Å²) in [5, 5.41) is 0.650. The maximum Gasteiger partial charge on any atom is 0.253 e. The first-order valence-electron chi connectivity index (χ1n) is 9.18. The quantitative estimate of drug-likeness (QED) is 0.748. The normalized spacial score (nSPS) is 26.0. The van der Waals surface area contributed by atoms with E-state index in [4.69, 9.17) is 11.6 Å². The maximum absolute atomic E-state index is 12.7. The molecule has 3 amide bonds. The van der Waals surface area contributed by atoms with Crippen LogP contribution in [0.25, 0.3) is 0 Å². The van der Waals surface area contributed by atoms with Crippen LogP contribution in [0.1, 0.15) is 42.5 Å². The van der Waals surface area contributed by atoms with Crippen LogP contribution in [0.15, 0.2) is 35.4 Å². The zero-order chi connectivity index (χ0) is 18.3. The molecule has 0 aromatic heterocycles. The Kier molecular flexibility index (Phi) is 4.57. The second-order valence-corrected chi connectivity index (χ2v) is 7.70. The van der Waals surface area contributed by atoms with Gasteiger partial charge in [-0.1, -0.05) is 17.7 Å². The van der Waals surface area contributed by atoms with Crippen molar-refractivity contribution in [1.29, 1.82) is 0 Å². The van der Waals surface area contributed by atoms with Crippen molar-refractivity contribution in [2.24, 2.45) is 11.8 Å². The second-order valence-electron chi connectivity index (χ2n) is 7.22. The van der Waals surface area contributed by atoms with Gasteiger partial charge in [0.1, 0.15) is 0 Å². The number of nitrogens with zero attached hydrogens (tertiary/aromatic N) is 2. The molecule has 0 saturated carbocycles. The number of hydrogen-bond acceptors (Lipinski definition) is 3. The summed E-state index contributed by atoms with van der Waals surface area (Å²) in [4.78, 5) is 41.1. The van der Waals surface area contributed by atoms with Crippen LogP contribution in [0.5, 0.6) is 0 Å². The molecule has 0 radical (unpaired) electrons. The monoisotopic (exact) mass is 372 g/mol. The Morgan fingerprint density at radius 3 is 2.31 bits per heavy atom. The number of amides is 3. The molecular formula is C20H21ClN2O3. The molecule has 26 heavy (non-hydrogen) atoms. The highest BCUT2D eigenvalue weighted by atomic mass is 35.5. The molecule has 136 valence electrons. The Labute approximate surface area is 157 Å². The lowest BCUT2D eigenvalue weighted by Crippen LogP contribution is -2.35. The number of rotatable bonds is 2. The van der Waals surface area contributed by atoms with Gasteiger partial charge in [-0.25, -0.2) is 0 Å². The summed E-state index contributed by atoms with van der Waals surface area (Å²) in [6.07, 6.45) is 6.02. The van der Waals surface area contributed by atoms with Gasteiger partial charge in [0.2, 0.25) is 11.8 Å². The number of imide groups is 1. The van der Waals surface area contributed by atoms with Crippen molar-refractivity contribution in [3.63, 3.8) is 0 Å². The average molecular weight is 373 g/mol. The van der Waals surface area contributed by atoms with E-state index < -0.39 is 0 Å². The van der Waals surface area contributed by atoms with Crippen molar-refractivity contribution in [1.82, 2.24) is 4.90 Å². The Morgan fingerprint density at radius 2 is 1.62 bits per heavy atom. The largest absolute Gasteiger partial charge is 0.339 e. The minimum Gasteiger partial charge on any atom is -0.339 e. The van der Waals surface area contributed by atoms with Crippen LogP contribution in [0.2, 0.25) is 0 Å². The summed E-state index contributed by atoms with van der Waals surface area (Å²) in [5.74, 6) is -1.04. The molecule has 2 saturated heterocycles. The molecule has 2 heterocycles. The van der Waals surface area contributed by atoms with Gasteiger partial charge >= 0.3 is 0 Å². The van der Waals surface area contributed by atoms with Gasteiger partial charge < -0.3 is 4.90 Å². The van der Waals surface area contributed by atoms with Gasteiger partial charge in [-0.15, -0.1) is 0 Å². The lowest BCUT2D eigenvalue weighted by molar-refractivity contribution is -0.122. The van der Waals surface area contributed by atoms with E-state index in [1.54, 1.807) is 24.3 Å². The van der Waals surface area contributed by atoms with Crippen LogP contribution in [0.3, 0.4) is 0 Å². The van der Waals surface area contributed by atoms with Crippen molar-refractivity contribution in [2.45, 2.75) is 32.1 Å². The Morgan fingerprint density at radius 1 is 0.962 bits per heavy atom. The molecule has 1 aliphatic carbocycles. The summed E-state index contributed by atoms with van der Waals surface area (Å²) in [6, 6.07) is 6.80. The first-order chi connectivity index (χ1) is 12.6. The third-order valence-corrected chi connectivity index (χ3v) is 5.89. The fraction of sp³-hybridized carbons (Fsp3) is 0.450. The van der Waals surface area contributed by atoms with Crippen LogP contribution in [-0.2, 0) is 9.59 Å². The molecule has 6 heteroatoms. The Hall–Kier alpha value is -2.14. The highest BCUT2D eigenvalue weighted by molar-refractivity contribution is 6.30. The third-order valence-electron chi connectivity index (χ3n) is 5.58. The molecule has 0 unspecified atom stereocenters. The lowest BCUT2D eigenvalue weighted by atomic mass is 9.85. The number of halogens is 1. The van der Waals surface area contributed by atoms with E-state index in [0.717, 1.165) is 25.9 Å². The molecule has 0 N–H and O–H groups in total. The highest BCUT2D eigenvalue weighted by Crippen LogP contribution is 2.40. The molecule has 3 aliphatic rings. The van der Waals surface area contributed by atoms with Crippen LogP contribution >= 0.6 is 11.6 Å². The van der Waals surface area contributed by atoms with E-state index in [1.807, 2.05) is 11.0 Å². The van der Waals surface area contributed by atoms with E-state index >= 15 is 0 Å². The van der Waals surface area contributed by atoms with Crippen LogP contribution in [0.4, 0.5) is 5.69 Å². The van der Waals surface area contributed by atoms with Crippen molar-refractivity contribution in [2.75, 3.05) is 18.0 Å². The molecule has 2 atom stereocenters. The van der Waals surface area contributed by atoms with Crippen molar-refractivity contribution >= 4 is 35.0 Å². The van der Waals surface area contributed by atoms with Gasteiger partial charge in [0.05, 0.1) is 17.5 Å². The second kappa shape index (κ2) is 6.88. The minimum atomic E-state index is -0.366. The molecule has 0 spiro atoms. The highest BCUT2D eigenvalue weighted by Gasteiger charge is 2.48. The summed E-state index contributed by atoms with van der Waals surface area (Å²) in [7, 11) is 0. The zero-order valence-electron chi connectivity index (χ0n) is 14.5. The molecule has 4 rings (SSSR count). The maximum atomic E-state index is 12.7. The number of hydrogen-bond donors (Lipinski definition) is 0. The van der Waals surface area contributed by atoms with Crippen LogP contribution in [0, 0.1) is 11.8 Å². The molecule has 2 aliphatic heterocycles. The topological polar surface area (TPSA) is 57.7 Å². The van der Waals surface area contributed by atoms with Crippen molar-refractivity contribution in [3.8, 4) is 0 Å². The number of carbonyl (C=O) groups excluding carboxylic acids is 3. The number of carbonyl (C=O) groups is 3. The predicted octanol–water partition coefficient (Wildman–Crippen LogP) is 3.33. The molecule has 1 aromatic carbocycles. The third kappa shape index (κ3) is 2.94. The van der Waals surface area contributed by atoms with Gasteiger partial charge in [0.25, 0.3) is 5.91 Å². The van der Waals surface area contributed by atoms with E-state index in [2.05, 4.69) is 0 Å².